The van der Waals surface area contributed by atoms with Gasteiger partial charge in [0.05, 0.1) is 12.3 Å². The summed E-state index contributed by atoms with van der Waals surface area (Å²) in [6.07, 6.45) is 0. The van der Waals surface area contributed by atoms with Gasteiger partial charge in [0, 0.05) is 13.1 Å². The van der Waals surface area contributed by atoms with E-state index in [1.165, 1.54) is 4.80 Å². The maximum atomic E-state index is 9.14. The molecule has 1 N–H and O–H groups in total. The second kappa shape index (κ2) is 5.98. The third kappa shape index (κ3) is 2.72. The average molecular weight is 257 g/mol. The summed E-state index contributed by atoms with van der Waals surface area (Å²) in [5.41, 5.74) is 1.06. The molecule has 0 radical (unpaired) electrons. The zero-order valence-electron chi connectivity index (χ0n) is 10.7. The topological polar surface area (TPSA) is 78.0 Å². The lowest BCUT2D eigenvalue weighted by Gasteiger charge is -2.18. The molecule has 98 valence electrons. The van der Waals surface area contributed by atoms with Gasteiger partial charge in [0.25, 0.3) is 0 Å². The number of aliphatic hydroxyl groups excluding tert-OH is 1. The van der Waals surface area contributed by atoms with Gasteiger partial charge in [-0.3, -0.25) is 0 Å². The quantitative estimate of drug-likeness (QED) is 0.863. The van der Waals surface area contributed by atoms with Crippen molar-refractivity contribution < 1.29 is 5.11 Å². The highest BCUT2D eigenvalue weighted by atomic mass is 16.3. The Morgan fingerprint density at radius 1 is 1.32 bits per heavy atom. The van der Waals surface area contributed by atoms with Crippen molar-refractivity contribution in [3.8, 4) is 11.8 Å². The molecule has 0 aliphatic rings. The lowest BCUT2D eigenvalue weighted by Crippen LogP contribution is -2.27. The number of aromatic nitrogens is 3. The van der Waals surface area contributed by atoms with E-state index in [4.69, 9.17) is 10.4 Å². The lowest BCUT2D eigenvalue weighted by molar-refractivity contribution is 0.302. The molecule has 19 heavy (non-hydrogen) atoms. The first-order valence-corrected chi connectivity index (χ1v) is 6.08. The number of rotatable bonds is 5. The molecule has 6 heteroatoms. The van der Waals surface area contributed by atoms with E-state index in [1.807, 2.05) is 48.2 Å². The Morgan fingerprint density at radius 2 is 2.05 bits per heavy atom. The molecule has 1 heterocycles. The van der Waals surface area contributed by atoms with Gasteiger partial charge in [-0.15, -0.1) is 15.0 Å². The summed E-state index contributed by atoms with van der Waals surface area (Å²) in [6.45, 7) is 3.04. The van der Waals surface area contributed by atoms with Crippen LogP contribution in [0, 0.1) is 11.3 Å². The Labute approximate surface area is 111 Å². The standard InChI is InChI=1S/C13H15N5O/c1-2-17(8-9-19)13-12(10-14)15-18(16-13)11-6-4-3-5-7-11/h3-7,19H,2,8-9H2,1H3. The summed E-state index contributed by atoms with van der Waals surface area (Å²) in [6, 6.07) is 11.5. The van der Waals surface area contributed by atoms with Crippen LogP contribution < -0.4 is 4.90 Å². The molecule has 0 saturated heterocycles. The van der Waals surface area contributed by atoms with E-state index in [0.29, 0.717) is 18.9 Å². The lowest BCUT2D eigenvalue weighted by atomic mass is 10.3. The van der Waals surface area contributed by atoms with Crippen molar-refractivity contribution in [2.24, 2.45) is 0 Å². The molecule has 0 amide bonds. The maximum absolute atomic E-state index is 9.14. The highest BCUT2D eigenvalue weighted by Crippen LogP contribution is 2.16. The van der Waals surface area contributed by atoms with Crippen LogP contribution in [-0.4, -0.2) is 39.8 Å². The molecule has 0 atom stereocenters. The van der Waals surface area contributed by atoms with Crippen molar-refractivity contribution in [1.29, 1.82) is 5.26 Å². The van der Waals surface area contributed by atoms with E-state index in [0.717, 1.165) is 5.69 Å². The van der Waals surface area contributed by atoms with E-state index >= 15 is 0 Å². The Kier molecular flexibility index (Phi) is 4.11. The summed E-state index contributed by atoms with van der Waals surface area (Å²) in [5.74, 6) is 0.503. The smallest absolute Gasteiger partial charge is 0.207 e. The Bertz CT molecular complexity index is 572. The van der Waals surface area contributed by atoms with E-state index in [2.05, 4.69) is 10.2 Å². The molecule has 1 aromatic carbocycles. The number of benzene rings is 1. The number of likely N-dealkylation sites (N-methyl/N-ethyl adjacent to an activating group) is 1. The summed E-state index contributed by atoms with van der Waals surface area (Å²) in [7, 11) is 0. The molecule has 0 spiro atoms. The van der Waals surface area contributed by atoms with Gasteiger partial charge in [0.1, 0.15) is 6.07 Å². The highest BCUT2D eigenvalue weighted by Gasteiger charge is 2.16. The van der Waals surface area contributed by atoms with Crippen LogP contribution in [0.2, 0.25) is 0 Å². The molecule has 2 aromatic rings. The maximum Gasteiger partial charge on any atom is 0.207 e. The molecule has 0 saturated carbocycles. The van der Waals surface area contributed by atoms with Crippen molar-refractivity contribution in [2.45, 2.75) is 6.92 Å². The predicted molar refractivity (Wildman–Crippen MR) is 71.0 cm³/mol. The zero-order valence-corrected chi connectivity index (χ0v) is 10.7. The normalized spacial score (nSPS) is 10.2. The minimum Gasteiger partial charge on any atom is -0.395 e. The monoisotopic (exact) mass is 257 g/mol. The van der Waals surface area contributed by atoms with Crippen LogP contribution in [0.5, 0.6) is 0 Å². The van der Waals surface area contributed by atoms with Crippen molar-refractivity contribution in [3.63, 3.8) is 0 Å². The molecule has 0 fully saturated rings. The molecule has 2 rings (SSSR count). The minimum atomic E-state index is 0.0108. The fourth-order valence-corrected chi connectivity index (χ4v) is 1.80. The van der Waals surface area contributed by atoms with Crippen LogP contribution in [0.15, 0.2) is 30.3 Å². The molecule has 0 unspecified atom stereocenters. The van der Waals surface area contributed by atoms with Crippen LogP contribution in [0.3, 0.4) is 0 Å². The van der Waals surface area contributed by atoms with Gasteiger partial charge in [-0.2, -0.15) is 5.26 Å². The second-order valence-corrected chi connectivity index (χ2v) is 3.91. The number of anilines is 1. The summed E-state index contributed by atoms with van der Waals surface area (Å²) in [4.78, 5) is 3.26. The van der Waals surface area contributed by atoms with Gasteiger partial charge >= 0.3 is 0 Å². The van der Waals surface area contributed by atoms with Crippen molar-refractivity contribution in [1.82, 2.24) is 15.0 Å². The number of para-hydroxylation sites is 1. The van der Waals surface area contributed by atoms with Crippen molar-refractivity contribution in [2.75, 3.05) is 24.6 Å². The van der Waals surface area contributed by atoms with Gasteiger partial charge < -0.3 is 10.0 Å². The van der Waals surface area contributed by atoms with Gasteiger partial charge in [-0.1, -0.05) is 18.2 Å². The predicted octanol–water partition coefficient (Wildman–Crippen LogP) is 0.958. The van der Waals surface area contributed by atoms with Crippen molar-refractivity contribution >= 4 is 5.82 Å². The summed E-state index contributed by atoms with van der Waals surface area (Å²) in [5, 5.41) is 26.7. The summed E-state index contributed by atoms with van der Waals surface area (Å²) < 4.78 is 0. The molecule has 0 bridgehead atoms. The van der Waals surface area contributed by atoms with Gasteiger partial charge in [-0.25, -0.2) is 0 Å². The number of hydrogen-bond donors (Lipinski definition) is 1. The van der Waals surface area contributed by atoms with Crippen LogP contribution in [0.1, 0.15) is 12.6 Å². The number of nitriles is 1. The van der Waals surface area contributed by atoms with Gasteiger partial charge in [-0.05, 0) is 19.1 Å². The fraction of sp³-hybridized carbons (Fsp3) is 0.308. The molecular formula is C13H15N5O. The Balaban J connectivity index is 2.40. The first-order valence-electron chi connectivity index (χ1n) is 6.08. The third-order valence-corrected chi connectivity index (χ3v) is 2.74. The average Bonchev–Trinajstić information content (AvgIpc) is 2.89. The first-order chi connectivity index (χ1) is 9.30. The molecule has 0 aliphatic heterocycles. The highest BCUT2D eigenvalue weighted by molar-refractivity contribution is 5.50. The Hall–Kier alpha value is -2.39. The molecule has 6 nitrogen and oxygen atoms in total. The van der Waals surface area contributed by atoms with E-state index in [-0.39, 0.29) is 12.3 Å². The van der Waals surface area contributed by atoms with Crippen molar-refractivity contribution in [3.05, 3.63) is 36.0 Å². The van der Waals surface area contributed by atoms with Crippen LogP contribution in [0.4, 0.5) is 5.82 Å². The van der Waals surface area contributed by atoms with Crippen LogP contribution in [0.25, 0.3) is 5.69 Å². The van der Waals surface area contributed by atoms with Crippen LogP contribution >= 0.6 is 0 Å². The summed E-state index contributed by atoms with van der Waals surface area (Å²) >= 11 is 0. The number of hydrogen-bond acceptors (Lipinski definition) is 5. The largest absolute Gasteiger partial charge is 0.395 e. The first kappa shape index (κ1) is 13.1. The number of aliphatic hydroxyl groups is 1. The molecular weight excluding hydrogens is 242 g/mol. The van der Waals surface area contributed by atoms with E-state index in [1.54, 1.807) is 0 Å². The minimum absolute atomic E-state index is 0.0108. The third-order valence-electron chi connectivity index (χ3n) is 2.74. The van der Waals surface area contributed by atoms with Gasteiger partial charge in [0.15, 0.2) is 5.82 Å². The Morgan fingerprint density at radius 3 is 2.63 bits per heavy atom. The SMILES string of the molecule is CCN(CCO)c1nn(-c2ccccc2)nc1C#N. The van der Waals surface area contributed by atoms with E-state index < -0.39 is 0 Å². The second-order valence-electron chi connectivity index (χ2n) is 3.91. The zero-order chi connectivity index (χ0) is 13.7. The number of nitrogens with zero attached hydrogens (tertiary/aromatic N) is 5. The molecule has 1 aromatic heterocycles. The fourth-order valence-electron chi connectivity index (χ4n) is 1.80. The van der Waals surface area contributed by atoms with E-state index in [9.17, 15) is 0 Å². The van der Waals surface area contributed by atoms with Gasteiger partial charge in [0.2, 0.25) is 5.69 Å². The molecule has 0 aliphatic carbocycles. The van der Waals surface area contributed by atoms with Crippen LogP contribution in [-0.2, 0) is 0 Å².